The topological polar surface area (TPSA) is 23.5 Å². The summed E-state index contributed by atoms with van der Waals surface area (Å²) in [5.41, 5.74) is 2.66. The zero-order valence-corrected chi connectivity index (χ0v) is 12.8. The summed E-state index contributed by atoms with van der Waals surface area (Å²) in [7, 11) is 0. The lowest BCUT2D eigenvalue weighted by Gasteiger charge is -2.33. The first-order chi connectivity index (χ1) is 8.65. The summed E-state index contributed by atoms with van der Waals surface area (Å²) >= 11 is 3.61. The normalized spacial score (nSPS) is 20.0. The molecule has 0 amide bonds. The predicted molar refractivity (Wildman–Crippen MR) is 78.7 cm³/mol. The van der Waals surface area contributed by atoms with Crippen molar-refractivity contribution in [3.63, 3.8) is 0 Å². The number of aliphatic hydroxyl groups is 1. The molecule has 0 radical (unpaired) electrons. The third-order valence-corrected chi connectivity index (χ3v) is 4.85. The van der Waals surface area contributed by atoms with Gasteiger partial charge in [0.1, 0.15) is 0 Å². The van der Waals surface area contributed by atoms with Crippen LogP contribution >= 0.6 is 15.9 Å². The fourth-order valence-corrected chi connectivity index (χ4v) is 3.31. The Morgan fingerprint density at radius 2 is 2.00 bits per heavy atom. The molecule has 0 spiro atoms. The molecule has 1 aliphatic heterocycles. The first-order valence-electron chi connectivity index (χ1n) is 6.75. The van der Waals surface area contributed by atoms with E-state index >= 15 is 0 Å². The number of likely N-dealkylation sites (tertiary alicyclic amines) is 1. The van der Waals surface area contributed by atoms with E-state index in [0.717, 1.165) is 17.6 Å². The summed E-state index contributed by atoms with van der Waals surface area (Å²) in [6, 6.07) is 6.73. The van der Waals surface area contributed by atoms with Crippen LogP contribution < -0.4 is 0 Å². The number of benzene rings is 1. The van der Waals surface area contributed by atoms with Crippen LogP contribution in [0.25, 0.3) is 0 Å². The van der Waals surface area contributed by atoms with E-state index in [2.05, 4.69) is 52.9 Å². The van der Waals surface area contributed by atoms with Gasteiger partial charge in [-0.05, 0) is 56.0 Å². The molecule has 0 aromatic heterocycles. The highest BCUT2D eigenvalue weighted by atomic mass is 79.9. The van der Waals surface area contributed by atoms with Gasteiger partial charge in [0.15, 0.2) is 0 Å². The maximum absolute atomic E-state index is 9.55. The molecule has 0 saturated carbocycles. The van der Waals surface area contributed by atoms with Crippen molar-refractivity contribution in [3.05, 3.63) is 33.8 Å². The lowest BCUT2D eigenvalue weighted by molar-refractivity contribution is 0.125. The Labute approximate surface area is 118 Å². The molecule has 1 aliphatic rings. The minimum absolute atomic E-state index is 0.243. The molecule has 2 rings (SSSR count). The Kier molecular flexibility index (Phi) is 4.82. The SMILES string of the molecule is Cc1c(Br)cccc1C(C(C)CO)N1CCCC1. The van der Waals surface area contributed by atoms with Crippen LogP contribution in [0.5, 0.6) is 0 Å². The Hall–Kier alpha value is -0.380. The van der Waals surface area contributed by atoms with Crippen molar-refractivity contribution in [2.75, 3.05) is 19.7 Å². The van der Waals surface area contributed by atoms with Crippen LogP contribution in [0.2, 0.25) is 0 Å². The minimum atomic E-state index is 0.243. The molecule has 1 fully saturated rings. The van der Waals surface area contributed by atoms with Crippen molar-refractivity contribution < 1.29 is 5.11 Å². The average molecular weight is 312 g/mol. The summed E-state index contributed by atoms with van der Waals surface area (Å²) in [5, 5.41) is 9.55. The van der Waals surface area contributed by atoms with Gasteiger partial charge in [-0.2, -0.15) is 0 Å². The highest BCUT2D eigenvalue weighted by Gasteiger charge is 2.29. The van der Waals surface area contributed by atoms with E-state index in [4.69, 9.17) is 0 Å². The fraction of sp³-hybridized carbons (Fsp3) is 0.600. The van der Waals surface area contributed by atoms with Gasteiger partial charge in [0.25, 0.3) is 0 Å². The second-order valence-corrected chi connectivity index (χ2v) is 6.16. The molecule has 0 aliphatic carbocycles. The summed E-state index contributed by atoms with van der Waals surface area (Å²) in [4.78, 5) is 2.52. The third-order valence-electron chi connectivity index (χ3n) is 3.99. The first-order valence-corrected chi connectivity index (χ1v) is 7.54. The van der Waals surface area contributed by atoms with Gasteiger partial charge in [-0.15, -0.1) is 0 Å². The quantitative estimate of drug-likeness (QED) is 0.919. The standard InChI is InChI=1S/C15H22BrNO/c1-11(10-18)15(17-8-3-4-9-17)13-6-5-7-14(16)12(13)2/h5-7,11,15,18H,3-4,8-10H2,1-2H3. The van der Waals surface area contributed by atoms with Gasteiger partial charge in [0.2, 0.25) is 0 Å². The van der Waals surface area contributed by atoms with Crippen molar-refractivity contribution in [1.82, 2.24) is 4.90 Å². The monoisotopic (exact) mass is 311 g/mol. The second kappa shape index (κ2) is 6.18. The van der Waals surface area contributed by atoms with Crippen molar-refractivity contribution in [1.29, 1.82) is 0 Å². The molecule has 1 N–H and O–H groups in total. The van der Waals surface area contributed by atoms with Crippen LogP contribution in [0, 0.1) is 12.8 Å². The average Bonchev–Trinajstić information content (AvgIpc) is 2.88. The van der Waals surface area contributed by atoms with Gasteiger partial charge in [0, 0.05) is 17.1 Å². The number of nitrogens with zero attached hydrogens (tertiary/aromatic N) is 1. The molecular formula is C15H22BrNO. The lowest BCUT2D eigenvalue weighted by Crippen LogP contribution is -2.32. The van der Waals surface area contributed by atoms with E-state index in [9.17, 15) is 5.11 Å². The van der Waals surface area contributed by atoms with Crippen molar-refractivity contribution >= 4 is 15.9 Å². The largest absolute Gasteiger partial charge is 0.396 e. The maximum atomic E-state index is 9.55. The molecule has 1 aromatic carbocycles. The molecule has 1 aromatic rings. The van der Waals surface area contributed by atoms with Crippen LogP contribution in [0.4, 0.5) is 0 Å². The zero-order valence-electron chi connectivity index (χ0n) is 11.2. The van der Waals surface area contributed by atoms with E-state index in [1.807, 2.05) is 0 Å². The van der Waals surface area contributed by atoms with E-state index in [1.165, 1.54) is 24.0 Å². The van der Waals surface area contributed by atoms with E-state index < -0.39 is 0 Å². The third kappa shape index (κ3) is 2.79. The zero-order chi connectivity index (χ0) is 13.1. The van der Waals surface area contributed by atoms with Crippen molar-refractivity contribution in [2.24, 2.45) is 5.92 Å². The Bertz CT molecular complexity index is 401. The first kappa shape index (κ1) is 14.0. The Morgan fingerprint density at radius 1 is 1.33 bits per heavy atom. The molecular weight excluding hydrogens is 290 g/mol. The Morgan fingerprint density at radius 3 is 2.61 bits per heavy atom. The molecule has 1 saturated heterocycles. The summed E-state index contributed by atoms with van der Waals surface area (Å²) in [6.45, 7) is 6.85. The molecule has 1 heterocycles. The molecule has 3 heteroatoms. The van der Waals surface area contributed by atoms with Crippen LogP contribution in [-0.4, -0.2) is 29.7 Å². The van der Waals surface area contributed by atoms with Crippen molar-refractivity contribution in [3.8, 4) is 0 Å². The van der Waals surface area contributed by atoms with Crippen molar-refractivity contribution in [2.45, 2.75) is 32.7 Å². The smallest absolute Gasteiger partial charge is 0.0474 e. The van der Waals surface area contributed by atoms with Gasteiger partial charge in [0.05, 0.1) is 0 Å². The molecule has 0 bridgehead atoms. The van der Waals surface area contributed by atoms with Gasteiger partial charge in [-0.25, -0.2) is 0 Å². The number of rotatable bonds is 4. The highest BCUT2D eigenvalue weighted by Crippen LogP contribution is 2.35. The number of halogens is 1. The number of aliphatic hydroxyl groups excluding tert-OH is 1. The van der Waals surface area contributed by atoms with Gasteiger partial charge < -0.3 is 5.11 Å². The van der Waals surface area contributed by atoms with Gasteiger partial charge in [-0.1, -0.05) is 35.0 Å². The van der Waals surface area contributed by atoms with Gasteiger partial charge >= 0.3 is 0 Å². The maximum Gasteiger partial charge on any atom is 0.0474 e. The van der Waals surface area contributed by atoms with Gasteiger partial charge in [-0.3, -0.25) is 4.90 Å². The summed E-state index contributed by atoms with van der Waals surface area (Å²) < 4.78 is 1.16. The highest BCUT2D eigenvalue weighted by molar-refractivity contribution is 9.10. The number of hydrogen-bond acceptors (Lipinski definition) is 2. The Balaban J connectivity index is 2.35. The summed E-state index contributed by atoms with van der Waals surface area (Å²) in [5.74, 6) is 0.274. The molecule has 2 nitrogen and oxygen atoms in total. The molecule has 2 atom stereocenters. The van der Waals surface area contributed by atoms with Crippen LogP contribution in [-0.2, 0) is 0 Å². The lowest BCUT2D eigenvalue weighted by atomic mass is 9.91. The summed E-state index contributed by atoms with van der Waals surface area (Å²) in [6.07, 6.45) is 2.56. The predicted octanol–water partition coefficient (Wildman–Crippen LogP) is 3.52. The molecule has 2 unspecified atom stereocenters. The van der Waals surface area contributed by atoms with E-state index in [1.54, 1.807) is 0 Å². The molecule has 100 valence electrons. The van der Waals surface area contributed by atoms with Crippen LogP contribution in [0.1, 0.15) is 36.9 Å². The second-order valence-electron chi connectivity index (χ2n) is 5.30. The van der Waals surface area contributed by atoms with E-state index in [-0.39, 0.29) is 12.5 Å². The minimum Gasteiger partial charge on any atom is -0.396 e. The van der Waals surface area contributed by atoms with Crippen LogP contribution in [0.15, 0.2) is 22.7 Å². The van der Waals surface area contributed by atoms with E-state index in [0.29, 0.717) is 6.04 Å². The molecule has 18 heavy (non-hydrogen) atoms. The fourth-order valence-electron chi connectivity index (χ4n) is 2.93. The number of hydrogen-bond donors (Lipinski definition) is 1. The van der Waals surface area contributed by atoms with Crippen LogP contribution in [0.3, 0.4) is 0 Å².